The van der Waals surface area contributed by atoms with Crippen LogP contribution >= 0.6 is 15.9 Å². The molecule has 6 heteroatoms. The zero-order valence-electron chi connectivity index (χ0n) is 11.6. The Morgan fingerprint density at radius 1 is 1.19 bits per heavy atom. The summed E-state index contributed by atoms with van der Waals surface area (Å²) in [5.74, 6) is 0. The second-order valence-electron chi connectivity index (χ2n) is 4.82. The summed E-state index contributed by atoms with van der Waals surface area (Å²) < 4.78 is 27.6. The quantitative estimate of drug-likeness (QED) is 0.796. The number of benzene rings is 2. The lowest BCUT2D eigenvalue weighted by molar-refractivity contribution is 0.581. The molecule has 112 valence electrons. The van der Waals surface area contributed by atoms with Gasteiger partial charge in [0.2, 0.25) is 10.0 Å². The molecule has 0 heterocycles. The van der Waals surface area contributed by atoms with Gasteiger partial charge in [-0.05, 0) is 53.0 Å². The number of sulfonamides is 1. The van der Waals surface area contributed by atoms with Crippen LogP contribution in [0.4, 0.5) is 5.69 Å². The third-order valence-electron chi connectivity index (χ3n) is 3.07. The largest absolute Gasteiger partial charge is 0.398 e. The summed E-state index contributed by atoms with van der Waals surface area (Å²) in [6.07, 6.45) is 0.646. The maximum atomic E-state index is 12.2. The molecule has 3 N–H and O–H groups in total. The van der Waals surface area contributed by atoms with Crippen LogP contribution in [-0.2, 0) is 16.4 Å². The van der Waals surface area contributed by atoms with E-state index in [0.29, 0.717) is 23.1 Å². The predicted octanol–water partition coefficient (Wildman–Crippen LogP) is 2.86. The predicted molar refractivity (Wildman–Crippen MR) is 88.6 cm³/mol. The van der Waals surface area contributed by atoms with Crippen LogP contribution in [0.2, 0.25) is 0 Å². The minimum absolute atomic E-state index is 0.174. The number of anilines is 1. The van der Waals surface area contributed by atoms with Crippen molar-refractivity contribution in [2.24, 2.45) is 0 Å². The Morgan fingerprint density at radius 2 is 1.95 bits per heavy atom. The number of nitrogens with two attached hydrogens (primary N) is 1. The lowest BCUT2D eigenvalue weighted by Crippen LogP contribution is -2.26. The maximum absolute atomic E-state index is 12.2. The topological polar surface area (TPSA) is 72.2 Å². The van der Waals surface area contributed by atoms with E-state index in [1.54, 1.807) is 6.07 Å². The van der Waals surface area contributed by atoms with Gasteiger partial charge in [0, 0.05) is 16.7 Å². The van der Waals surface area contributed by atoms with Crippen molar-refractivity contribution in [2.75, 3.05) is 12.3 Å². The van der Waals surface area contributed by atoms with Crippen LogP contribution in [0.5, 0.6) is 0 Å². The van der Waals surface area contributed by atoms with E-state index in [-0.39, 0.29) is 4.90 Å². The van der Waals surface area contributed by atoms with Crippen molar-refractivity contribution < 1.29 is 8.42 Å². The first-order chi connectivity index (χ1) is 9.88. The first-order valence-electron chi connectivity index (χ1n) is 6.49. The molecule has 21 heavy (non-hydrogen) atoms. The zero-order chi connectivity index (χ0) is 15.5. The van der Waals surface area contributed by atoms with E-state index in [0.717, 1.165) is 11.1 Å². The van der Waals surface area contributed by atoms with Crippen molar-refractivity contribution in [3.63, 3.8) is 0 Å². The summed E-state index contributed by atoms with van der Waals surface area (Å²) in [5.41, 5.74) is 8.38. The third kappa shape index (κ3) is 4.30. The number of nitrogen functional groups attached to an aromatic ring is 1. The highest BCUT2D eigenvalue weighted by molar-refractivity contribution is 9.10. The molecule has 0 saturated carbocycles. The monoisotopic (exact) mass is 368 g/mol. The van der Waals surface area contributed by atoms with E-state index < -0.39 is 10.0 Å². The molecule has 0 amide bonds. The van der Waals surface area contributed by atoms with Gasteiger partial charge in [-0.25, -0.2) is 13.1 Å². The summed E-state index contributed by atoms with van der Waals surface area (Å²) in [6.45, 7) is 2.36. The van der Waals surface area contributed by atoms with Crippen molar-refractivity contribution in [3.05, 3.63) is 58.1 Å². The molecule has 0 aromatic heterocycles. The van der Waals surface area contributed by atoms with E-state index in [2.05, 4.69) is 20.7 Å². The van der Waals surface area contributed by atoms with E-state index in [1.807, 2.05) is 31.2 Å². The highest BCUT2D eigenvalue weighted by Gasteiger charge is 2.14. The molecule has 0 aliphatic carbocycles. The molecule has 0 aliphatic heterocycles. The smallest absolute Gasteiger partial charge is 0.240 e. The van der Waals surface area contributed by atoms with Gasteiger partial charge in [-0.2, -0.15) is 0 Å². The Bertz CT molecular complexity index is 745. The molecule has 0 saturated heterocycles. The Morgan fingerprint density at radius 3 is 2.62 bits per heavy atom. The van der Waals surface area contributed by atoms with Crippen molar-refractivity contribution in [3.8, 4) is 0 Å². The molecule has 0 fully saturated rings. The third-order valence-corrected chi connectivity index (χ3v) is 5.25. The van der Waals surface area contributed by atoms with Gasteiger partial charge in [-0.15, -0.1) is 0 Å². The lowest BCUT2D eigenvalue weighted by atomic mass is 10.1. The van der Waals surface area contributed by atoms with E-state index in [1.165, 1.54) is 12.1 Å². The van der Waals surface area contributed by atoms with Gasteiger partial charge in [0.1, 0.15) is 0 Å². The fourth-order valence-corrected chi connectivity index (χ4v) is 3.28. The van der Waals surface area contributed by atoms with Gasteiger partial charge in [0.05, 0.1) is 4.90 Å². The number of aryl methyl sites for hydroxylation is 1. The normalized spacial score (nSPS) is 11.5. The van der Waals surface area contributed by atoms with Crippen molar-refractivity contribution >= 4 is 31.6 Å². The number of halogens is 1. The maximum Gasteiger partial charge on any atom is 0.240 e. The van der Waals surface area contributed by atoms with Gasteiger partial charge in [0.25, 0.3) is 0 Å². The molecule has 2 aromatic carbocycles. The van der Waals surface area contributed by atoms with Crippen LogP contribution in [0.15, 0.2) is 51.8 Å². The van der Waals surface area contributed by atoms with Crippen LogP contribution in [0.1, 0.15) is 11.1 Å². The van der Waals surface area contributed by atoms with Gasteiger partial charge in [0.15, 0.2) is 0 Å². The first-order valence-corrected chi connectivity index (χ1v) is 8.76. The fourth-order valence-electron chi connectivity index (χ4n) is 1.97. The summed E-state index contributed by atoms with van der Waals surface area (Å²) in [6, 6.07) is 12.6. The first kappa shape index (κ1) is 16.0. The fraction of sp³-hybridized carbons (Fsp3) is 0.200. The van der Waals surface area contributed by atoms with Crippen molar-refractivity contribution in [2.45, 2.75) is 18.2 Å². The standard InChI is InChI=1S/C15H17BrN2O2S/c1-11-3-2-4-12(9-11)7-8-18-21(19,20)13-5-6-14(16)15(17)10-13/h2-6,9-10,18H,7-8,17H2,1H3. The Kier molecular flexibility index (Phi) is 5.03. The minimum atomic E-state index is -3.53. The van der Waals surface area contributed by atoms with Crippen LogP contribution in [-0.4, -0.2) is 15.0 Å². The van der Waals surface area contributed by atoms with E-state index in [4.69, 9.17) is 5.73 Å². The molecule has 0 atom stereocenters. The number of rotatable bonds is 5. The second-order valence-corrected chi connectivity index (χ2v) is 7.44. The highest BCUT2D eigenvalue weighted by Crippen LogP contribution is 2.22. The number of hydrogen-bond acceptors (Lipinski definition) is 3. The molecule has 0 radical (unpaired) electrons. The van der Waals surface area contributed by atoms with Gasteiger partial charge in [-0.1, -0.05) is 29.8 Å². The van der Waals surface area contributed by atoms with Crippen molar-refractivity contribution in [1.82, 2.24) is 4.72 Å². The average Bonchev–Trinajstić information content (AvgIpc) is 2.41. The Labute approximate surface area is 133 Å². The summed E-state index contributed by atoms with van der Waals surface area (Å²) in [7, 11) is -3.53. The molecular weight excluding hydrogens is 352 g/mol. The van der Waals surface area contributed by atoms with Crippen LogP contribution in [0, 0.1) is 6.92 Å². The number of hydrogen-bond donors (Lipinski definition) is 2. The zero-order valence-corrected chi connectivity index (χ0v) is 14.0. The molecule has 0 bridgehead atoms. The summed E-state index contributed by atoms with van der Waals surface area (Å²) in [4.78, 5) is 0.174. The van der Waals surface area contributed by atoms with E-state index >= 15 is 0 Å². The second kappa shape index (κ2) is 6.60. The van der Waals surface area contributed by atoms with Crippen LogP contribution in [0.3, 0.4) is 0 Å². The van der Waals surface area contributed by atoms with Gasteiger partial charge < -0.3 is 5.73 Å². The molecule has 4 nitrogen and oxygen atoms in total. The molecular formula is C15H17BrN2O2S. The van der Waals surface area contributed by atoms with Crippen LogP contribution < -0.4 is 10.5 Å². The minimum Gasteiger partial charge on any atom is -0.398 e. The highest BCUT2D eigenvalue weighted by atomic mass is 79.9. The summed E-state index contributed by atoms with van der Waals surface area (Å²) >= 11 is 3.25. The molecule has 0 spiro atoms. The number of nitrogens with one attached hydrogen (secondary N) is 1. The average molecular weight is 369 g/mol. The Hall–Kier alpha value is -1.37. The Balaban J connectivity index is 2.03. The molecule has 2 rings (SSSR count). The summed E-state index contributed by atoms with van der Waals surface area (Å²) in [5, 5.41) is 0. The van der Waals surface area contributed by atoms with Gasteiger partial charge >= 0.3 is 0 Å². The molecule has 0 unspecified atom stereocenters. The van der Waals surface area contributed by atoms with Gasteiger partial charge in [-0.3, -0.25) is 0 Å². The molecule has 2 aromatic rings. The van der Waals surface area contributed by atoms with Crippen LogP contribution in [0.25, 0.3) is 0 Å². The lowest BCUT2D eigenvalue weighted by Gasteiger charge is -2.08. The van der Waals surface area contributed by atoms with E-state index in [9.17, 15) is 8.42 Å². The SMILES string of the molecule is Cc1cccc(CCNS(=O)(=O)c2ccc(Br)c(N)c2)c1. The molecule has 0 aliphatic rings. The van der Waals surface area contributed by atoms with Crippen molar-refractivity contribution in [1.29, 1.82) is 0 Å².